The van der Waals surface area contributed by atoms with E-state index in [2.05, 4.69) is 62.3 Å². The number of nitrogens with zero attached hydrogens (tertiary/aromatic N) is 4. The van der Waals surface area contributed by atoms with Gasteiger partial charge in [-0.2, -0.15) is 5.10 Å². The van der Waals surface area contributed by atoms with Crippen LogP contribution in [0, 0.1) is 6.92 Å². The molecule has 130 valence electrons. The van der Waals surface area contributed by atoms with Gasteiger partial charge in [0.2, 0.25) is 0 Å². The van der Waals surface area contributed by atoms with Crippen molar-refractivity contribution < 1.29 is 0 Å². The fourth-order valence-corrected chi connectivity index (χ4v) is 3.33. The Morgan fingerprint density at radius 3 is 2.78 bits per heavy atom. The molecular weight excluding hydrogens is 334 g/mol. The first kappa shape index (κ1) is 15.5. The van der Waals surface area contributed by atoms with Gasteiger partial charge in [-0.1, -0.05) is 36.4 Å². The van der Waals surface area contributed by atoms with Crippen molar-refractivity contribution in [1.29, 1.82) is 0 Å². The van der Waals surface area contributed by atoms with Crippen molar-refractivity contribution in [2.24, 2.45) is 0 Å². The highest BCUT2D eigenvalue weighted by Gasteiger charge is 2.08. The first-order chi connectivity index (χ1) is 13.3. The third-order valence-corrected chi connectivity index (χ3v) is 4.66. The summed E-state index contributed by atoms with van der Waals surface area (Å²) in [4.78, 5) is 4.58. The van der Waals surface area contributed by atoms with Gasteiger partial charge < -0.3 is 5.32 Å². The second-order valence-corrected chi connectivity index (χ2v) is 6.56. The van der Waals surface area contributed by atoms with Crippen LogP contribution in [0.5, 0.6) is 0 Å². The molecule has 0 spiro atoms. The minimum absolute atomic E-state index is 0.741. The van der Waals surface area contributed by atoms with Gasteiger partial charge in [0.05, 0.1) is 17.2 Å². The number of imidazole rings is 1. The van der Waals surface area contributed by atoms with E-state index in [4.69, 9.17) is 0 Å². The number of anilines is 2. The zero-order chi connectivity index (χ0) is 18.2. The van der Waals surface area contributed by atoms with Crippen LogP contribution in [0.1, 0.15) is 5.56 Å². The number of hydrogen-bond acceptors (Lipinski definition) is 4. The maximum atomic E-state index is 4.58. The number of fused-ring (bicyclic) bond motifs is 2. The molecule has 27 heavy (non-hydrogen) atoms. The van der Waals surface area contributed by atoms with E-state index in [1.54, 1.807) is 6.20 Å². The molecular formula is C22H17N5. The van der Waals surface area contributed by atoms with Crippen LogP contribution >= 0.6 is 0 Å². The lowest BCUT2D eigenvalue weighted by Gasteiger charge is -2.09. The molecule has 0 saturated heterocycles. The molecule has 0 amide bonds. The molecule has 5 heteroatoms. The molecule has 0 aliphatic carbocycles. The summed E-state index contributed by atoms with van der Waals surface area (Å²) in [6.45, 7) is 2.09. The van der Waals surface area contributed by atoms with Gasteiger partial charge in [0.1, 0.15) is 6.33 Å². The summed E-state index contributed by atoms with van der Waals surface area (Å²) >= 11 is 0. The highest BCUT2D eigenvalue weighted by Crippen LogP contribution is 2.26. The van der Waals surface area contributed by atoms with Gasteiger partial charge in [-0.05, 0) is 42.8 Å². The lowest BCUT2D eigenvalue weighted by Crippen LogP contribution is -1.97. The average Bonchev–Trinajstić information content (AvgIpc) is 3.12. The Kier molecular flexibility index (Phi) is 3.57. The van der Waals surface area contributed by atoms with Crippen LogP contribution in [-0.2, 0) is 0 Å². The Balaban J connectivity index is 1.54. The van der Waals surface area contributed by atoms with E-state index >= 15 is 0 Å². The van der Waals surface area contributed by atoms with Crippen LogP contribution in [0.15, 0.2) is 79.3 Å². The van der Waals surface area contributed by atoms with Crippen molar-refractivity contribution >= 4 is 33.3 Å². The molecule has 3 aromatic carbocycles. The second kappa shape index (κ2) is 6.21. The monoisotopic (exact) mass is 351 g/mol. The van der Waals surface area contributed by atoms with Gasteiger partial charge in [0.25, 0.3) is 0 Å². The smallest absolute Gasteiger partial charge is 0.160 e. The first-order valence-electron chi connectivity index (χ1n) is 8.79. The molecule has 0 aliphatic rings. The van der Waals surface area contributed by atoms with Crippen molar-refractivity contribution in [2.45, 2.75) is 6.92 Å². The first-order valence-corrected chi connectivity index (χ1v) is 8.79. The Labute approximate surface area is 156 Å². The molecule has 1 N–H and O–H groups in total. The number of aromatic nitrogens is 4. The zero-order valence-electron chi connectivity index (χ0n) is 14.8. The minimum Gasteiger partial charge on any atom is -0.338 e. The largest absolute Gasteiger partial charge is 0.338 e. The molecule has 5 nitrogen and oxygen atoms in total. The fraction of sp³-hybridized carbons (Fsp3) is 0.0455. The van der Waals surface area contributed by atoms with Gasteiger partial charge in [0.15, 0.2) is 5.82 Å². The van der Waals surface area contributed by atoms with Crippen molar-refractivity contribution in [2.75, 3.05) is 5.32 Å². The maximum Gasteiger partial charge on any atom is 0.160 e. The van der Waals surface area contributed by atoms with Crippen LogP contribution in [0.2, 0.25) is 0 Å². The highest BCUT2D eigenvalue weighted by molar-refractivity contribution is 5.93. The van der Waals surface area contributed by atoms with Crippen LogP contribution in [-0.4, -0.2) is 19.7 Å². The number of rotatable bonds is 3. The van der Waals surface area contributed by atoms with E-state index in [0.717, 1.165) is 39.0 Å². The summed E-state index contributed by atoms with van der Waals surface area (Å²) in [6.07, 6.45) is 3.63. The summed E-state index contributed by atoms with van der Waals surface area (Å²) in [5, 5.41) is 13.8. The van der Waals surface area contributed by atoms with E-state index in [1.807, 2.05) is 42.7 Å². The van der Waals surface area contributed by atoms with Crippen molar-refractivity contribution in [3.63, 3.8) is 0 Å². The predicted molar refractivity (Wildman–Crippen MR) is 109 cm³/mol. The Morgan fingerprint density at radius 1 is 0.926 bits per heavy atom. The summed E-state index contributed by atoms with van der Waals surface area (Å²) in [7, 11) is 0. The Morgan fingerprint density at radius 2 is 1.85 bits per heavy atom. The number of benzene rings is 3. The van der Waals surface area contributed by atoms with Crippen molar-refractivity contribution in [3.05, 3.63) is 84.8 Å². The van der Waals surface area contributed by atoms with E-state index < -0.39 is 0 Å². The second-order valence-electron chi connectivity index (χ2n) is 6.56. The maximum absolute atomic E-state index is 4.58. The molecule has 0 unspecified atom stereocenters. The van der Waals surface area contributed by atoms with Crippen LogP contribution in [0.4, 0.5) is 11.5 Å². The molecule has 2 aromatic heterocycles. The molecule has 0 saturated carbocycles. The van der Waals surface area contributed by atoms with Crippen molar-refractivity contribution in [3.8, 4) is 5.69 Å². The van der Waals surface area contributed by atoms with Gasteiger partial charge in [-0.3, -0.25) is 4.57 Å². The molecule has 5 rings (SSSR count). The summed E-state index contributed by atoms with van der Waals surface area (Å²) < 4.78 is 2.10. The zero-order valence-corrected chi connectivity index (χ0v) is 14.8. The molecule has 0 bridgehead atoms. The molecule has 0 radical (unpaired) electrons. The highest BCUT2D eigenvalue weighted by atomic mass is 15.2. The SMILES string of the molecule is Cc1cccc(-n2cnc3cc(Nc4nncc5ccccc45)ccc32)c1. The third kappa shape index (κ3) is 2.79. The van der Waals surface area contributed by atoms with Gasteiger partial charge in [-0.15, -0.1) is 5.10 Å². The Bertz CT molecular complexity index is 1270. The van der Waals surface area contributed by atoms with Crippen LogP contribution in [0.25, 0.3) is 27.5 Å². The molecule has 0 atom stereocenters. The summed E-state index contributed by atoms with van der Waals surface area (Å²) in [6, 6.07) is 22.6. The van der Waals surface area contributed by atoms with E-state index in [0.29, 0.717) is 0 Å². The molecule has 2 heterocycles. The van der Waals surface area contributed by atoms with E-state index in [1.165, 1.54) is 5.56 Å². The van der Waals surface area contributed by atoms with Gasteiger partial charge in [-0.25, -0.2) is 4.98 Å². The third-order valence-electron chi connectivity index (χ3n) is 4.66. The van der Waals surface area contributed by atoms with Crippen molar-refractivity contribution in [1.82, 2.24) is 19.7 Å². The number of aryl methyl sites for hydroxylation is 1. The van der Waals surface area contributed by atoms with Gasteiger partial charge in [0, 0.05) is 22.1 Å². The fourth-order valence-electron chi connectivity index (χ4n) is 3.33. The molecule has 0 fully saturated rings. The average molecular weight is 351 g/mol. The minimum atomic E-state index is 0.741. The predicted octanol–water partition coefficient (Wildman–Crippen LogP) is 5.02. The van der Waals surface area contributed by atoms with Crippen LogP contribution in [0.3, 0.4) is 0 Å². The Hall–Kier alpha value is -3.73. The lowest BCUT2D eigenvalue weighted by molar-refractivity contribution is 1.05. The molecule has 0 aliphatic heterocycles. The molecule has 5 aromatic rings. The van der Waals surface area contributed by atoms with Gasteiger partial charge >= 0.3 is 0 Å². The van der Waals surface area contributed by atoms with E-state index in [-0.39, 0.29) is 0 Å². The standard InChI is InChI=1S/C22H17N5/c1-15-5-4-7-18(11-15)27-14-23-20-12-17(9-10-21(20)27)25-22-19-8-3-2-6-16(19)13-24-26-22/h2-14H,1H3,(H,25,26). The number of hydrogen-bond donors (Lipinski definition) is 1. The van der Waals surface area contributed by atoms with Crippen LogP contribution < -0.4 is 5.32 Å². The van der Waals surface area contributed by atoms with E-state index in [9.17, 15) is 0 Å². The quantitative estimate of drug-likeness (QED) is 0.496. The summed E-state index contributed by atoms with van der Waals surface area (Å²) in [5.41, 5.74) is 5.26. The summed E-state index contributed by atoms with van der Waals surface area (Å²) in [5.74, 6) is 0.741. The lowest BCUT2D eigenvalue weighted by atomic mass is 10.2. The topological polar surface area (TPSA) is 55.6 Å². The normalized spacial score (nSPS) is 11.1. The number of nitrogens with one attached hydrogen (secondary N) is 1.